The predicted octanol–water partition coefficient (Wildman–Crippen LogP) is -0.220. The molecule has 0 spiro atoms. The second kappa shape index (κ2) is 6.02. The Bertz CT molecular complexity index is 490. The molecular formula is C12H14O8S. The average molecular weight is 318 g/mol. The van der Waals surface area contributed by atoms with Crippen LogP contribution >= 0.6 is 11.8 Å². The first-order valence-electron chi connectivity index (χ1n) is 6.17. The van der Waals surface area contributed by atoms with Crippen molar-refractivity contribution < 1.29 is 38.1 Å². The SMILES string of the molecule is CC(=O)O[C@@H]1[C@@H](OC(C)=O)[C@H]2O[C@H](C(=O)S2)[C@H]1OC(C)=O. The van der Waals surface area contributed by atoms with Crippen molar-refractivity contribution in [1.82, 2.24) is 0 Å². The van der Waals surface area contributed by atoms with Crippen LogP contribution in [-0.4, -0.2) is 52.9 Å². The van der Waals surface area contributed by atoms with Crippen LogP contribution in [0.3, 0.4) is 0 Å². The Labute approximate surface area is 124 Å². The summed E-state index contributed by atoms with van der Waals surface area (Å²) >= 11 is 0.827. The monoisotopic (exact) mass is 318 g/mol. The molecule has 2 fully saturated rings. The number of ether oxygens (including phenoxy) is 4. The summed E-state index contributed by atoms with van der Waals surface area (Å²) in [5, 5.41) is -0.363. The number of esters is 3. The fraction of sp³-hybridized carbons (Fsp3) is 0.667. The highest BCUT2D eigenvalue weighted by atomic mass is 32.2. The molecule has 0 amide bonds. The van der Waals surface area contributed by atoms with Gasteiger partial charge >= 0.3 is 17.9 Å². The van der Waals surface area contributed by atoms with Gasteiger partial charge in [-0.15, -0.1) is 0 Å². The molecule has 2 heterocycles. The molecule has 2 rings (SSSR count). The fourth-order valence-electron chi connectivity index (χ4n) is 2.24. The predicted molar refractivity (Wildman–Crippen MR) is 67.9 cm³/mol. The summed E-state index contributed by atoms with van der Waals surface area (Å²) in [5.74, 6) is -1.93. The molecule has 0 saturated carbocycles. The van der Waals surface area contributed by atoms with Crippen LogP contribution in [0, 0.1) is 0 Å². The highest BCUT2D eigenvalue weighted by Crippen LogP contribution is 2.41. The lowest BCUT2D eigenvalue weighted by atomic mass is 10.00. The lowest BCUT2D eigenvalue weighted by molar-refractivity contribution is -0.223. The van der Waals surface area contributed by atoms with Gasteiger partial charge < -0.3 is 18.9 Å². The van der Waals surface area contributed by atoms with Crippen molar-refractivity contribution in [3.8, 4) is 0 Å². The summed E-state index contributed by atoms with van der Waals surface area (Å²) < 4.78 is 20.7. The van der Waals surface area contributed by atoms with Crippen molar-refractivity contribution in [3.05, 3.63) is 0 Å². The van der Waals surface area contributed by atoms with Crippen molar-refractivity contribution in [2.45, 2.75) is 50.6 Å². The molecule has 2 aliphatic rings. The van der Waals surface area contributed by atoms with E-state index in [-0.39, 0.29) is 5.12 Å². The van der Waals surface area contributed by atoms with Gasteiger partial charge in [-0.05, 0) is 11.8 Å². The minimum Gasteiger partial charge on any atom is -0.455 e. The molecule has 0 radical (unpaired) electrons. The van der Waals surface area contributed by atoms with E-state index in [1.54, 1.807) is 0 Å². The molecule has 2 aliphatic heterocycles. The highest BCUT2D eigenvalue weighted by Gasteiger charge is 2.59. The van der Waals surface area contributed by atoms with E-state index in [2.05, 4.69) is 0 Å². The smallest absolute Gasteiger partial charge is 0.303 e. The van der Waals surface area contributed by atoms with Gasteiger partial charge in [0.15, 0.2) is 29.9 Å². The van der Waals surface area contributed by atoms with Crippen LogP contribution in [0.1, 0.15) is 20.8 Å². The van der Waals surface area contributed by atoms with E-state index < -0.39 is 47.8 Å². The van der Waals surface area contributed by atoms with Crippen LogP contribution in [-0.2, 0) is 38.1 Å². The molecule has 8 nitrogen and oxygen atoms in total. The molecular weight excluding hydrogens is 304 g/mol. The van der Waals surface area contributed by atoms with E-state index in [0.29, 0.717) is 0 Å². The summed E-state index contributed by atoms with van der Waals surface area (Å²) in [6, 6.07) is 0. The van der Waals surface area contributed by atoms with Crippen molar-refractivity contribution in [2.24, 2.45) is 0 Å². The third-order valence-electron chi connectivity index (χ3n) is 2.87. The van der Waals surface area contributed by atoms with E-state index >= 15 is 0 Å². The Morgan fingerprint density at radius 2 is 1.38 bits per heavy atom. The first-order chi connectivity index (χ1) is 9.79. The molecule has 5 atom stereocenters. The lowest BCUT2D eigenvalue weighted by Gasteiger charge is -2.38. The largest absolute Gasteiger partial charge is 0.455 e. The second-order valence-electron chi connectivity index (χ2n) is 4.58. The molecule has 21 heavy (non-hydrogen) atoms. The van der Waals surface area contributed by atoms with Gasteiger partial charge in [0.25, 0.3) is 0 Å². The van der Waals surface area contributed by atoms with Crippen LogP contribution in [0.5, 0.6) is 0 Å². The summed E-state index contributed by atoms with van der Waals surface area (Å²) in [4.78, 5) is 45.5. The van der Waals surface area contributed by atoms with Gasteiger partial charge in [0.05, 0.1) is 0 Å². The van der Waals surface area contributed by atoms with Crippen LogP contribution in [0.25, 0.3) is 0 Å². The third-order valence-corrected chi connectivity index (χ3v) is 3.94. The number of hydrogen-bond donors (Lipinski definition) is 0. The number of rotatable bonds is 3. The number of fused-ring (bicyclic) bond motifs is 2. The van der Waals surface area contributed by atoms with Crippen LogP contribution < -0.4 is 0 Å². The molecule has 0 aliphatic carbocycles. The number of carbonyl (C=O) groups is 4. The summed E-state index contributed by atoms with van der Waals surface area (Å²) in [7, 11) is 0. The first-order valence-corrected chi connectivity index (χ1v) is 7.05. The average Bonchev–Trinajstić information content (AvgIpc) is 2.67. The summed E-state index contributed by atoms with van der Waals surface area (Å²) in [6.07, 6.45) is -4.30. The van der Waals surface area contributed by atoms with Gasteiger partial charge in [-0.25, -0.2) is 0 Å². The minimum atomic E-state index is -1.14. The Balaban J connectivity index is 2.32. The molecule has 0 aromatic rings. The Morgan fingerprint density at radius 3 is 1.90 bits per heavy atom. The van der Waals surface area contributed by atoms with E-state index in [9.17, 15) is 19.2 Å². The van der Waals surface area contributed by atoms with Crippen molar-refractivity contribution in [3.63, 3.8) is 0 Å². The summed E-state index contributed by atoms with van der Waals surface area (Å²) in [6.45, 7) is 3.51. The molecule has 0 aromatic heterocycles. The molecule has 0 aromatic carbocycles. The van der Waals surface area contributed by atoms with Gasteiger partial charge in [-0.1, -0.05) is 0 Å². The van der Waals surface area contributed by atoms with E-state index in [1.807, 2.05) is 0 Å². The van der Waals surface area contributed by atoms with Crippen LogP contribution in [0.2, 0.25) is 0 Å². The van der Waals surface area contributed by atoms with Gasteiger partial charge in [-0.3, -0.25) is 19.2 Å². The van der Waals surface area contributed by atoms with Gasteiger partial charge in [0.2, 0.25) is 5.12 Å². The minimum absolute atomic E-state index is 0.363. The standard InChI is InChI=1S/C12H14O8S/c1-4(13)17-7-8(18-5(2)14)10(19-6(3)15)12-20-9(7)11(16)21-12/h7-10,12H,1-3H3/t7-,8-,9-,10+,12-/m0/s1. The fourth-order valence-corrected chi connectivity index (χ4v) is 3.31. The van der Waals surface area contributed by atoms with Crippen LogP contribution in [0.15, 0.2) is 0 Å². The molecule has 0 N–H and O–H groups in total. The molecule has 9 heteroatoms. The van der Waals surface area contributed by atoms with Crippen molar-refractivity contribution in [1.29, 1.82) is 0 Å². The molecule has 2 bridgehead atoms. The zero-order valence-electron chi connectivity index (χ0n) is 11.6. The Kier molecular flexibility index (Phi) is 4.52. The maximum Gasteiger partial charge on any atom is 0.303 e. The quantitative estimate of drug-likeness (QED) is 0.515. The number of carbonyl (C=O) groups excluding carboxylic acids is 4. The zero-order valence-corrected chi connectivity index (χ0v) is 12.4. The Hall–Kier alpha value is -1.61. The third kappa shape index (κ3) is 3.35. The number of hydrogen-bond acceptors (Lipinski definition) is 9. The normalized spacial score (nSPS) is 34.2. The van der Waals surface area contributed by atoms with E-state index in [1.165, 1.54) is 13.8 Å². The maximum atomic E-state index is 11.9. The first kappa shape index (κ1) is 15.8. The zero-order chi connectivity index (χ0) is 15.7. The Morgan fingerprint density at radius 1 is 0.905 bits per heavy atom. The van der Waals surface area contributed by atoms with E-state index in [0.717, 1.165) is 18.7 Å². The second-order valence-corrected chi connectivity index (χ2v) is 5.69. The highest BCUT2D eigenvalue weighted by molar-refractivity contribution is 8.14. The maximum absolute atomic E-state index is 11.9. The van der Waals surface area contributed by atoms with Crippen LogP contribution in [0.4, 0.5) is 0 Å². The van der Waals surface area contributed by atoms with Crippen molar-refractivity contribution in [2.75, 3.05) is 0 Å². The topological polar surface area (TPSA) is 105 Å². The van der Waals surface area contributed by atoms with E-state index in [4.69, 9.17) is 18.9 Å². The van der Waals surface area contributed by atoms with Gasteiger partial charge in [0.1, 0.15) is 0 Å². The molecule has 0 unspecified atom stereocenters. The van der Waals surface area contributed by atoms with Gasteiger partial charge in [0, 0.05) is 20.8 Å². The van der Waals surface area contributed by atoms with Gasteiger partial charge in [-0.2, -0.15) is 0 Å². The lowest BCUT2D eigenvalue weighted by Crippen LogP contribution is -2.58. The summed E-state index contributed by atoms with van der Waals surface area (Å²) in [5.41, 5.74) is -0.789. The number of thioether (sulfide) groups is 1. The van der Waals surface area contributed by atoms with Crippen molar-refractivity contribution >= 4 is 34.8 Å². The molecule has 116 valence electrons. The molecule has 2 saturated heterocycles.